The first-order chi connectivity index (χ1) is 31.3. The van der Waals surface area contributed by atoms with Crippen LogP contribution in [0.25, 0.3) is 0 Å². The molecule has 0 heterocycles. The number of unbranched alkanes of at least 4 members (excludes halogenated alkanes) is 29. The van der Waals surface area contributed by atoms with E-state index in [1.165, 1.54) is 160 Å². The molecule has 8 unspecified atom stereocenters. The quantitative estimate of drug-likeness (QED) is 0.0158. The second-order valence-electron chi connectivity index (χ2n) is 18.9. The molecule has 9 N–H and O–H groups in total. The molecular formula is C51H98NO12P. The summed E-state index contributed by atoms with van der Waals surface area (Å²) in [5, 5.41) is 74.7. The Balaban J connectivity index is 2.49. The maximum absolute atomic E-state index is 13.0. The summed E-state index contributed by atoms with van der Waals surface area (Å²) >= 11 is 0. The molecule has 384 valence electrons. The average Bonchev–Trinajstić information content (AvgIpc) is 3.28. The van der Waals surface area contributed by atoms with Gasteiger partial charge < -0.3 is 46.0 Å². The Hall–Kier alpha value is -1.22. The fraction of sp³-hybridized carbons (Fsp3) is 0.902. The molecule has 1 aliphatic rings. The van der Waals surface area contributed by atoms with Crippen LogP contribution >= 0.6 is 7.82 Å². The molecule has 0 bridgehead atoms. The zero-order chi connectivity index (χ0) is 48.0. The number of hydrogen-bond donors (Lipinski definition) is 9. The Morgan fingerprint density at radius 3 is 1.35 bits per heavy atom. The van der Waals surface area contributed by atoms with Gasteiger partial charge >= 0.3 is 7.82 Å². The molecule has 0 aromatic rings. The molecule has 0 radical (unpaired) electrons. The Kier molecular flexibility index (Phi) is 38.6. The molecule has 0 aromatic heterocycles. The van der Waals surface area contributed by atoms with E-state index >= 15 is 0 Å². The third-order valence-corrected chi connectivity index (χ3v) is 13.8. The smallest absolute Gasteiger partial charge is 0.393 e. The highest BCUT2D eigenvalue weighted by Gasteiger charge is 2.51. The topological polar surface area (TPSA) is 226 Å². The minimum absolute atomic E-state index is 0.248. The molecule has 1 amide bonds. The van der Waals surface area contributed by atoms with Crippen LogP contribution in [-0.2, 0) is 18.4 Å². The van der Waals surface area contributed by atoms with Gasteiger partial charge in [-0.25, -0.2) is 4.57 Å². The number of allylic oxidation sites excluding steroid dienone is 3. The lowest BCUT2D eigenvalue weighted by atomic mass is 9.85. The molecule has 0 saturated heterocycles. The minimum atomic E-state index is -5.15. The van der Waals surface area contributed by atoms with Crippen LogP contribution in [0.5, 0.6) is 0 Å². The van der Waals surface area contributed by atoms with E-state index in [-0.39, 0.29) is 6.42 Å². The van der Waals surface area contributed by atoms with Crippen molar-refractivity contribution in [3.8, 4) is 0 Å². The van der Waals surface area contributed by atoms with Gasteiger partial charge in [0.05, 0.1) is 31.3 Å². The number of carbonyl (C=O) groups is 1. The monoisotopic (exact) mass is 948 g/mol. The van der Waals surface area contributed by atoms with Crippen molar-refractivity contribution in [2.24, 2.45) is 0 Å². The molecule has 8 atom stereocenters. The van der Waals surface area contributed by atoms with Crippen LogP contribution in [0.3, 0.4) is 0 Å². The zero-order valence-corrected chi connectivity index (χ0v) is 41.8. The molecular weight excluding hydrogens is 850 g/mol. The summed E-state index contributed by atoms with van der Waals surface area (Å²) in [5.41, 5.74) is 0. The van der Waals surface area contributed by atoms with Crippen molar-refractivity contribution < 1.29 is 59.0 Å². The first kappa shape index (κ1) is 61.8. The van der Waals surface area contributed by atoms with Crippen molar-refractivity contribution in [1.82, 2.24) is 5.32 Å². The third-order valence-electron chi connectivity index (χ3n) is 12.8. The highest BCUT2D eigenvalue weighted by molar-refractivity contribution is 7.47. The molecule has 14 heteroatoms. The molecule has 13 nitrogen and oxygen atoms in total. The van der Waals surface area contributed by atoms with E-state index in [0.717, 1.165) is 44.9 Å². The lowest BCUT2D eigenvalue weighted by molar-refractivity contribution is -0.220. The Bertz CT molecular complexity index is 1210. The third kappa shape index (κ3) is 32.3. The maximum Gasteiger partial charge on any atom is 0.472 e. The van der Waals surface area contributed by atoms with Crippen LogP contribution in [-0.4, -0.2) is 108 Å². The van der Waals surface area contributed by atoms with Gasteiger partial charge in [0.25, 0.3) is 0 Å². The van der Waals surface area contributed by atoms with Gasteiger partial charge in [-0.05, 0) is 32.1 Å². The Morgan fingerprint density at radius 1 is 0.538 bits per heavy atom. The van der Waals surface area contributed by atoms with Crippen molar-refractivity contribution in [3.63, 3.8) is 0 Å². The van der Waals surface area contributed by atoms with E-state index in [0.29, 0.717) is 12.8 Å². The van der Waals surface area contributed by atoms with Crippen LogP contribution in [0, 0.1) is 0 Å². The number of rotatable bonds is 44. The second-order valence-corrected chi connectivity index (χ2v) is 20.3. The van der Waals surface area contributed by atoms with E-state index in [1.807, 2.05) is 0 Å². The summed E-state index contributed by atoms with van der Waals surface area (Å²) in [6.07, 6.45) is 32.6. The fourth-order valence-corrected chi connectivity index (χ4v) is 9.46. The zero-order valence-electron chi connectivity index (χ0n) is 40.9. The maximum atomic E-state index is 13.0. The van der Waals surface area contributed by atoms with Crippen LogP contribution in [0.15, 0.2) is 24.3 Å². The highest BCUT2D eigenvalue weighted by atomic mass is 31.2. The van der Waals surface area contributed by atoms with Gasteiger partial charge in [-0.15, -0.1) is 0 Å². The molecule has 0 spiro atoms. The number of phosphoric ester groups is 1. The summed E-state index contributed by atoms with van der Waals surface area (Å²) in [7, 11) is -5.15. The molecule has 1 rings (SSSR count). The van der Waals surface area contributed by atoms with Gasteiger partial charge in [-0.1, -0.05) is 218 Å². The molecule has 0 aromatic carbocycles. The number of carbonyl (C=O) groups excluding carboxylic acids is 1. The second kappa shape index (κ2) is 40.6. The first-order valence-corrected chi connectivity index (χ1v) is 27.9. The predicted octanol–water partition coefficient (Wildman–Crippen LogP) is 9.93. The number of amides is 1. The minimum Gasteiger partial charge on any atom is -0.393 e. The van der Waals surface area contributed by atoms with Gasteiger partial charge in [0.15, 0.2) is 0 Å². The van der Waals surface area contributed by atoms with E-state index in [2.05, 4.69) is 31.3 Å². The lowest BCUT2D eigenvalue weighted by Crippen LogP contribution is -2.64. The molecule has 1 aliphatic carbocycles. The highest BCUT2D eigenvalue weighted by Crippen LogP contribution is 2.47. The van der Waals surface area contributed by atoms with Crippen molar-refractivity contribution in [3.05, 3.63) is 24.3 Å². The van der Waals surface area contributed by atoms with Gasteiger partial charge in [-0.3, -0.25) is 13.8 Å². The largest absolute Gasteiger partial charge is 0.472 e. The molecule has 65 heavy (non-hydrogen) atoms. The van der Waals surface area contributed by atoms with E-state index in [9.17, 15) is 50.0 Å². The van der Waals surface area contributed by atoms with Crippen molar-refractivity contribution >= 4 is 13.7 Å². The molecule has 1 saturated carbocycles. The van der Waals surface area contributed by atoms with Gasteiger partial charge in [0, 0.05) is 0 Å². The van der Waals surface area contributed by atoms with Crippen LogP contribution in [0.2, 0.25) is 0 Å². The van der Waals surface area contributed by atoms with E-state index in [4.69, 9.17) is 9.05 Å². The van der Waals surface area contributed by atoms with Crippen LogP contribution in [0.1, 0.15) is 232 Å². The summed E-state index contributed by atoms with van der Waals surface area (Å²) in [5.74, 6) is -0.599. The summed E-state index contributed by atoms with van der Waals surface area (Å²) in [6, 6.07) is -1.25. The standard InChI is InChI=1S/C51H98NO12P/c1-3-5-7-9-11-13-15-17-19-21-23-24-26-28-30-32-34-36-38-42(53)40-45(55)52-43(41-63-65(61,62)64-51-49(59)47(57)46(56)48(58)50(51)60)44(54)39-37-35-33-31-29-27-25-22-20-18-16-14-12-10-8-6-4-2/h29,31,37,39,42-44,46-51,53-54,56-60H,3-28,30,32-36,38,40-41H2,1-2H3,(H,52,55)(H,61,62)/b31-29+,39-37+. The van der Waals surface area contributed by atoms with Crippen LogP contribution < -0.4 is 5.32 Å². The Labute approximate surface area is 394 Å². The Morgan fingerprint density at radius 2 is 0.908 bits per heavy atom. The fourth-order valence-electron chi connectivity index (χ4n) is 8.49. The van der Waals surface area contributed by atoms with Gasteiger partial charge in [0.2, 0.25) is 5.91 Å². The van der Waals surface area contributed by atoms with Crippen LogP contribution in [0.4, 0.5) is 0 Å². The number of aliphatic hydroxyl groups excluding tert-OH is 7. The van der Waals surface area contributed by atoms with Gasteiger partial charge in [-0.2, -0.15) is 0 Å². The van der Waals surface area contributed by atoms with E-state index < -0.39 is 75.2 Å². The number of hydrogen-bond acceptors (Lipinski definition) is 11. The predicted molar refractivity (Wildman–Crippen MR) is 261 cm³/mol. The SMILES string of the molecule is CCCCCCCCCCCCC/C=C/CC/C=C/C(O)C(COP(=O)(O)OC1C(O)C(O)C(O)C(O)C1O)NC(=O)CC(O)CCCCCCCCCCCCCCCCCCCC. The number of nitrogens with one attached hydrogen (secondary N) is 1. The average molecular weight is 948 g/mol. The van der Waals surface area contributed by atoms with Crippen molar-refractivity contribution in [2.75, 3.05) is 6.61 Å². The normalized spacial score (nSPS) is 22.7. The van der Waals surface area contributed by atoms with Crippen molar-refractivity contribution in [2.45, 2.75) is 287 Å². The molecule has 1 fully saturated rings. The van der Waals surface area contributed by atoms with Gasteiger partial charge in [0.1, 0.15) is 36.6 Å². The molecule has 0 aliphatic heterocycles. The lowest BCUT2D eigenvalue weighted by Gasteiger charge is -2.41. The summed E-state index contributed by atoms with van der Waals surface area (Å²) in [4.78, 5) is 23.5. The first-order valence-electron chi connectivity index (χ1n) is 26.4. The number of aliphatic hydroxyl groups is 7. The summed E-state index contributed by atoms with van der Waals surface area (Å²) in [6.45, 7) is 3.76. The number of phosphoric acid groups is 1. The van der Waals surface area contributed by atoms with E-state index in [1.54, 1.807) is 6.08 Å². The summed E-state index contributed by atoms with van der Waals surface area (Å²) < 4.78 is 22.9. The van der Waals surface area contributed by atoms with Crippen molar-refractivity contribution in [1.29, 1.82) is 0 Å².